The summed E-state index contributed by atoms with van der Waals surface area (Å²) in [6.07, 6.45) is 3.13. The molecule has 0 spiro atoms. The van der Waals surface area contributed by atoms with Crippen molar-refractivity contribution in [1.82, 2.24) is 14.4 Å². The summed E-state index contributed by atoms with van der Waals surface area (Å²) in [6, 6.07) is 11.2. The Morgan fingerprint density at radius 3 is 2.59 bits per heavy atom. The fourth-order valence-electron chi connectivity index (χ4n) is 3.88. The minimum atomic E-state index is -3.70. The Kier molecular flexibility index (Phi) is 5.33. The lowest BCUT2D eigenvalue weighted by atomic mass is 10.0. The third-order valence-electron chi connectivity index (χ3n) is 5.21. The molecule has 3 heterocycles. The first-order valence-electron chi connectivity index (χ1n) is 9.63. The minimum absolute atomic E-state index is 0.170. The molecule has 0 bridgehead atoms. The largest absolute Gasteiger partial charge is 0.457 e. The van der Waals surface area contributed by atoms with Crippen LogP contribution in [0.4, 0.5) is 0 Å². The van der Waals surface area contributed by atoms with E-state index < -0.39 is 10.0 Å². The molecule has 154 valence electrons. The van der Waals surface area contributed by atoms with Gasteiger partial charge in [0.15, 0.2) is 5.76 Å². The second-order valence-corrected chi connectivity index (χ2v) is 9.52. The zero-order valence-corrected chi connectivity index (χ0v) is 17.6. The molecule has 0 radical (unpaired) electrons. The van der Waals surface area contributed by atoms with Crippen LogP contribution in [0.3, 0.4) is 0 Å². The van der Waals surface area contributed by atoms with Crippen LogP contribution in [0.25, 0.3) is 11.5 Å². The number of benzene rings is 1. The number of sulfonamides is 1. The summed E-state index contributed by atoms with van der Waals surface area (Å²) >= 11 is 0. The van der Waals surface area contributed by atoms with Crippen molar-refractivity contribution in [1.29, 1.82) is 0 Å². The summed E-state index contributed by atoms with van der Waals surface area (Å²) in [7, 11) is 0.358. The summed E-state index contributed by atoms with van der Waals surface area (Å²) in [6.45, 7) is 3.01. The topological polar surface area (TPSA) is 79.8 Å². The van der Waals surface area contributed by atoms with E-state index in [0.717, 1.165) is 24.9 Å². The Hall–Kier alpha value is -2.42. The first-order chi connectivity index (χ1) is 13.9. The Labute approximate surface area is 170 Å². The maximum atomic E-state index is 13.4. The zero-order valence-electron chi connectivity index (χ0n) is 16.8. The first-order valence-corrected chi connectivity index (χ1v) is 11.1. The molecule has 4 rings (SSSR count). The lowest BCUT2D eigenvalue weighted by Gasteiger charge is -2.24. The number of aryl methyl sites for hydroxylation is 1. The van der Waals surface area contributed by atoms with Gasteiger partial charge in [-0.3, -0.25) is 0 Å². The van der Waals surface area contributed by atoms with Crippen LogP contribution in [-0.4, -0.2) is 43.4 Å². The molecule has 1 fully saturated rings. The highest BCUT2D eigenvalue weighted by atomic mass is 32.2. The normalized spacial score (nSPS) is 18.0. The second kappa shape index (κ2) is 7.78. The highest BCUT2D eigenvalue weighted by Gasteiger charge is 2.38. The van der Waals surface area contributed by atoms with Crippen molar-refractivity contribution in [2.24, 2.45) is 0 Å². The first kappa shape index (κ1) is 19.9. The standard InChI is InChI=1S/C21H25N3O4S/c1-15-21(13-20(27-15)19-10-11-22-28-19)29(25,26)24-12-4-5-18(24)17-8-6-16(7-9-17)14-23(2)3/h6-11,13,18H,4-5,12,14H2,1-3H3. The van der Waals surface area contributed by atoms with E-state index in [1.165, 1.54) is 17.8 Å². The molecule has 1 unspecified atom stereocenters. The van der Waals surface area contributed by atoms with E-state index >= 15 is 0 Å². The van der Waals surface area contributed by atoms with Crippen molar-refractivity contribution >= 4 is 10.0 Å². The molecule has 1 saturated heterocycles. The average molecular weight is 416 g/mol. The van der Waals surface area contributed by atoms with E-state index in [-0.39, 0.29) is 10.9 Å². The molecule has 1 aliphatic rings. The molecular formula is C21H25N3O4S. The molecule has 1 aliphatic heterocycles. The fourth-order valence-corrected chi connectivity index (χ4v) is 5.73. The third kappa shape index (κ3) is 3.88. The number of nitrogens with zero attached hydrogens (tertiary/aromatic N) is 3. The van der Waals surface area contributed by atoms with Crippen LogP contribution in [0.5, 0.6) is 0 Å². The minimum Gasteiger partial charge on any atom is -0.457 e. The van der Waals surface area contributed by atoms with Gasteiger partial charge < -0.3 is 13.8 Å². The van der Waals surface area contributed by atoms with Crippen LogP contribution < -0.4 is 0 Å². The number of furan rings is 1. The van der Waals surface area contributed by atoms with Crippen LogP contribution in [-0.2, 0) is 16.6 Å². The molecule has 0 amide bonds. The molecule has 0 N–H and O–H groups in total. The predicted octanol–water partition coefficient (Wildman–Crippen LogP) is 3.83. The highest BCUT2D eigenvalue weighted by molar-refractivity contribution is 7.89. The van der Waals surface area contributed by atoms with Crippen LogP contribution >= 0.6 is 0 Å². The molecule has 29 heavy (non-hydrogen) atoms. The quantitative estimate of drug-likeness (QED) is 0.609. The van der Waals surface area contributed by atoms with Crippen molar-refractivity contribution in [3.05, 3.63) is 59.5 Å². The maximum absolute atomic E-state index is 13.4. The second-order valence-electron chi connectivity index (χ2n) is 7.66. The van der Waals surface area contributed by atoms with Gasteiger partial charge in [-0.1, -0.05) is 29.4 Å². The van der Waals surface area contributed by atoms with Gasteiger partial charge in [-0.25, -0.2) is 8.42 Å². The molecule has 3 aromatic rings. The summed E-state index contributed by atoms with van der Waals surface area (Å²) in [5.74, 6) is 1.12. The average Bonchev–Trinajstić information content (AvgIpc) is 3.42. The van der Waals surface area contributed by atoms with E-state index in [4.69, 9.17) is 8.94 Å². The van der Waals surface area contributed by atoms with Gasteiger partial charge in [-0.2, -0.15) is 4.31 Å². The molecular weight excluding hydrogens is 390 g/mol. The van der Waals surface area contributed by atoms with Gasteiger partial charge in [0.25, 0.3) is 0 Å². The summed E-state index contributed by atoms with van der Waals surface area (Å²) < 4.78 is 39.2. The van der Waals surface area contributed by atoms with Crippen LogP contribution in [0.15, 0.2) is 56.4 Å². The number of rotatable bonds is 6. The van der Waals surface area contributed by atoms with Gasteiger partial charge >= 0.3 is 0 Å². The van der Waals surface area contributed by atoms with Gasteiger partial charge in [-0.15, -0.1) is 0 Å². The molecule has 0 saturated carbocycles. The maximum Gasteiger partial charge on any atom is 0.247 e. The van der Waals surface area contributed by atoms with Crippen LogP contribution in [0.1, 0.15) is 35.8 Å². The SMILES string of the molecule is Cc1oc(-c2ccno2)cc1S(=O)(=O)N1CCCC1c1ccc(CN(C)C)cc1. The molecule has 1 aromatic carbocycles. The molecule has 2 aromatic heterocycles. The van der Waals surface area contributed by atoms with Crippen molar-refractivity contribution in [3.8, 4) is 11.5 Å². The number of aromatic nitrogens is 1. The highest BCUT2D eigenvalue weighted by Crippen LogP contribution is 2.39. The smallest absolute Gasteiger partial charge is 0.247 e. The van der Waals surface area contributed by atoms with Crippen LogP contribution in [0, 0.1) is 6.92 Å². The monoisotopic (exact) mass is 415 g/mol. The molecule has 7 nitrogen and oxygen atoms in total. The van der Waals surface area contributed by atoms with Gasteiger partial charge in [0.2, 0.25) is 15.8 Å². The van der Waals surface area contributed by atoms with E-state index in [1.54, 1.807) is 17.3 Å². The van der Waals surface area contributed by atoms with Gasteiger partial charge in [-0.05, 0) is 45.0 Å². The van der Waals surface area contributed by atoms with E-state index in [0.29, 0.717) is 23.8 Å². The van der Waals surface area contributed by atoms with Gasteiger partial charge in [0, 0.05) is 25.2 Å². The van der Waals surface area contributed by atoms with Crippen LogP contribution in [0.2, 0.25) is 0 Å². The molecule has 8 heteroatoms. The van der Waals surface area contributed by atoms with Crippen molar-refractivity contribution in [2.45, 2.75) is 37.2 Å². The van der Waals surface area contributed by atoms with Gasteiger partial charge in [0.1, 0.15) is 10.7 Å². The molecule has 1 atom stereocenters. The Morgan fingerprint density at radius 1 is 1.17 bits per heavy atom. The Morgan fingerprint density at radius 2 is 1.93 bits per heavy atom. The number of hydrogen-bond acceptors (Lipinski definition) is 6. The molecule has 0 aliphatic carbocycles. The van der Waals surface area contributed by atoms with E-state index in [9.17, 15) is 8.42 Å². The van der Waals surface area contributed by atoms with Crippen molar-refractivity contribution in [2.75, 3.05) is 20.6 Å². The van der Waals surface area contributed by atoms with Gasteiger partial charge in [0.05, 0.1) is 12.2 Å². The zero-order chi connectivity index (χ0) is 20.6. The summed E-state index contributed by atoms with van der Waals surface area (Å²) in [4.78, 5) is 2.29. The van der Waals surface area contributed by atoms with E-state index in [1.807, 2.05) is 26.2 Å². The third-order valence-corrected chi connectivity index (χ3v) is 7.22. The predicted molar refractivity (Wildman–Crippen MR) is 109 cm³/mol. The number of hydrogen-bond donors (Lipinski definition) is 0. The van der Waals surface area contributed by atoms with Crippen molar-refractivity contribution < 1.29 is 17.4 Å². The fraction of sp³-hybridized carbons (Fsp3) is 0.381. The summed E-state index contributed by atoms with van der Waals surface area (Å²) in [5.41, 5.74) is 2.22. The van der Waals surface area contributed by atoms with Crippen molar-refractivity contribution in [3.63, 3.8) is 0 Å². The Bertz CT molecular complexity index is 1070. The lowest BCUT2D eigenvalue weighted by molar-refractivity contribution is 0.393. The Balaban J connectivity index is 1.63. The summed E-state index contributed by atoms with van der Waals surface area (Å²) in [5, 5.41) is 3.66. The van der Waals surface area contributed by atoms with E-state index in [2.05, 4.69) is 22.2 Å². The lowest BCUT2D eigenvalue weighted by Crippen LogP contribution is -2.30.